The molecule has 0 aromatic carbocycles. The summed E-state index contributed by atoms with van der Waals surface area (Å²) in [6.07, 6.45) is 5.38. The van der Waals surface area contributed by atoms with Crippen molar-refractivity contribution >= 4 is 17.9 Å². The highest BCUT2D eigenvalue weighted by Gasteiger charge is 2.19. The van der Waals surface area contributed by atoms with Gasteiger partial charge in [0.25, 0.3) is 0 Å². The summed E-state index contributed by atoms with van der Waals surface area (Å²) < 4.78 is 0. The van der Waals surface area contributed by atoms with Gasteiger partial charge in [-0.25, -0.2) is 4.79 Å². The summed E-state index contributed by atoms with van der Waals surface area (Å²) in [5.74, 6) is -1.60. The van der Waals surface area contributed by atoms with Gasteiger partial charge in [-0.3, -0.25) is 14.9 Å². The van der Waals surface area contributed by atoms with E-state index in [1.807, 2.05) is 0 Å². The number of likely N-dealkylation sites (tertiary alicyclic amines) is 1. The lowest BCUT2D eigenvalue weighted by Crippen LogP contribution is -2.44. The first-order chi connectivity index (χ1) is 9.49. The molecule has 1 aliphatic heterocycles. The number of nitrogens with one attached hydrogen (secondary N) is 1. The second-order valence-corrected chi connectivity index (χ2v) is 5.52. The van der Waals surface area contributed by atoms with Crippen LogP contribution in [-0.4, -0.2) is 41.0 Å². The maximum atomic E-state index is 12.0. The number of aliphatic carboxylic acids is 1. The van der Waals surface area contributed by atoms with E-state index in [0.717, 1.165) is 25.7 Å². The molecule has 3 amide bonds. The molecule has 20 heavy (non-hydrogen) atoms. The molecule has 1 aliphatic rings. The van der Waals surface area contributed by atoms with E-state index in [0.29, 0.717) is 13.1 Å². The fourth-order valence-electron chi connectivity index (χ4n) is 2.39. The monoisotopic (exact) mass is 284 g/mol. The molecule has 0 aromatic rings. The number of hydrogen-bond donors (Lipinski definition) is 2. The summed E-state index contributed by atoms with van der Waals surface area (Å²) in [4.78, 5) is 35.8. The Morgan fingerprint density at radius 2 is 1.60 bits per heavy atom. The lowest BCUT2D eigenvalue weighted by molar-refractivity contribution is -0.138. The van der Waals surface area contributed by atoms with Crippen molar-refractivity contribution < 1.29 is 19.5 Å². The molecule has 0 aromatic heterocycles. The summed E-state index contributed by atoms with van der Waals surface area (Å²) in [7, 11) is 0. The molecular formula is C14H24N2O4. The van der Waals surface area contributed by atoms with E-state index in [2.05, 4.69) is 5.32 Å². The SMILES string of the molecule is CC(CC(=O)O)CC(=O)NC(=O)N1CCCCCCC1. The molecule has 1 heterocycles. The van der Waals surface area contributed by atoms with Gasteiger partial charge in [0.15, 0.2) is 0 Å². The first-order valence-corrected chi connectivity index (χ1v) is 7.29. The molecule has 0 saturated carbocycles. The van der Waals surface area contributed by atoms with E-state index in [4.69, 9.17) is 5.11 Å². The van der Waals surface area contributed by atoms with Crippen molar-refractivity contribution in [3.05, 3.63) is 0 Å². The van der Waals surface area contributed by atoms with E-state index in [-0.39, 0.29) is 24.8 Å². The molecule has 0 radical (unpaired) electrons. The van der Waals surface area contributed by atoms with Crippen LogP contribution in [0.5, 0.6) is 0 Å². The van der Waals surface area contributed by atoms with Gasteiger partial charge in [-0.05, 0) is 18.8 Å². The Hall–Kier alpha value is -1.59. The number of carboxylic acids is 1. The Bertz CT molecular complexity index is 349. The molecule has 0 spiro atoms. The van der Waals surface area contributed by atoms with Crippen LogP contribution < -0.4 is 5.32 Å². The summed E-state index contributed by atoms with van der Waals surface area (Å²) >= 11 is 0. The Balaban J connectivity index is 2.35. The molecule has 1 rings (SSSR count). The molecule has 0 bridgehead atoms. The molecule has 1 atom stereocenters. The lowest BCUT2D eigenvalue weighted by Gasteiger charge is -2.24. The standard InChI is InChI=1S/C14H24N2O4/c1-11(10-13(18)19)9-12(17)15-14(20)16-7-5-3-2-4-6-8-16/h11H,2-10H2,1H3,(H,18,19)(H,15,17,20). The van der Waals surface area contributed by atoms with Gasteiger partial charge in [0.1, 0.15) is 0 Å². The highest BCUT2D eigenvalue weighted by Crippen LogP contribution is 2.11. The quantitative estimate of drug-likeness (QED) is 0.826. The molecule has 0 aliphatic carbocycles. The summed E-state index contributed by atoms with van der Waals surface area (Å²) in [5, 5.41) is 11.0. The first-order valence-electron chi connectivity index (χ1n) is 7.29. The van der Waals surface area contributed by atoms with Crippen LogP contribution in [0.4, 0.5) is 4.79 Å². The first kappa shape index (κ1) is 16.5. The smallest absolute Gasteiger partial charge is 0.324 e. The number of rotatable bonds is 4. The van der Waals surface area contributed by atoms with Crippen molar-refractivity contribution in [2.45, 2.75) is 51.9 Å². The van der Waals surface area contributed by atoms with Crippen molar-refractivity contribution in [2.24, 2.45) is 5.92 Å². The molecule has 6 nitrogen and oxygen atoms in total. The van der Waals surface area contributed by atoms with Gasteiger partial charge in [-0.1, -0.05) is 26.2 Å². The summed E-state index contributed by atoms with van der Waals surface area (Å²) in [5.41, 5.74) is 0. The van der Waals surface area contributed by atoms with E-state index >= 15 is 0 Å². The van der Waals surface area contributed by atoms with Crippen LogP contribution in [-0.2, 0) is 9.59 Å². The van der Waals surface area contributed by atoms with Crippen LogP contribution in [0.15, 0.2) is 0 Å². The van der Waals surface area contributed by atoms with Gasteiger partial charge in [-0.2, -0.15) is 0 Å². The van der Waals surface area contributed by atoms with Crippen LogP contribution in [0.1, 0.15) is 51.9 Å². The largest absolute Gasteiger partial charge is 0.481 e. The van der Waals surface area contributed by atoms with Gasteiger partial charge >= 0.3 is 12.0 Å². The van der Waals surface area contributed by atoms with Crippen molar-refractivity contribution in [1.82, 2.24) is 10.2 Å². The van der Waals surface area contributed by atoms with Crippen molar-refractivity contribution in [3.8, 4) is 0 Å². The zero-order valence-corrected chi connectivity index (χ0v) is 12.1. The van der Waals surface area contributed by atoms with Crippen LogP contribution in [0.25, 0.3) is 0 Å². The predicted molar refractivity (Wildman–Crippen MR) is 74.2 cm³/mol. The highest BCUT2D eigenvalue weighted by atomic mass is 16.4. The second kappa shape index (κ2) is 8.55. The second-order valence-electron chi connectivity index (χ2n) is 5.52. The minimum atomic E-state index is -0.930. The molecule has 1 fully saturated rings. The maximum absolute atomic E-state index is 12.0. The molecule has 1 unspecified atom stereocenters. The third-order valence-corrected chi connectivity index (χ3v) is 3.45. The normalized spacial score (nSPS) is 17.8. The zero-order valence-electron chi connectivity index (χ0n) is 12.1. The molecule has 2 N–H and O–H groups in total. The number of hydrogen-bond acceptors (Lipinski definition) is 3. The molecule has 114 valence electrons. The van der Waals surface area contributed by atoms with Crippen molar-refractivity contribution in [1.29, 1.82) is 0 Å². The minimum Gasteiger partial charge on any atom is -0.481 e. The molecular weight excluding hydrogens is 260 g/mol. The minimum absolute atomic E-state index is 0.0614. The molecule has 1 saturated heterocycles. The molecule has 6 heteroatoms. The lowest BCUT2D eigenvalue weighted by atomic mass is 10.0. The van der Waals surface area contributed by atoms with Crippen molar-refractivity contribution in [3.63, 3.8) is 0 Å². The van der Waals surface area contributed by atoms with Gasteiger partial charge in [0.05, 0.1) is 0 Å². The Labute approximate surface area is 119 Å². The van der Waals surface area contributed by atoms with Gasteiger partial charge in [0, 0.05) is 25.9 Å². The summed E-state index contributed by atoms with van der Waals surface area (Å²) in [6.45, 7) is 3.06. The Kier molecular flexibility index (Phi) is 7.04. The van der Waals surface area contributed by atoms with Crippen LogP contribution in [0, 0.1) is 5.92 Å². The van der Waals surface area contributed by atoms with Gasteiger partial charge in [-0.15, -0.1) is 0 Å². The fourth-order valence-corrected chi connectivity index (χ4v) is 2.39. The average molecular weight is 284 g/mol. The van der Waals surface area contributed by atoms with Gasteiger partial charge in [0.2, 0.25) is 5.91 Å². The number of urea groups is 1. The highest BCUT2D eigenvalue weighted by molar-refractivity contribution is 5.94. The Morgan fingerprint density at radius 3 is 2.15 bits per heavy atom. The number of nitrogens with zero attached hydrogens (tertiary/aromatic N) is 1. The number of imide groups is 1. The van der Waals surface area contributed by atoms with E-state index in [1.165, 1.54) is 6.42 Å². The third kappa shape index (κ3) is 6.54. The number of carbonyl (C=O) groups excluding carboxylic acids is 2. The topological polar surface area (TPSA) is 86.7 Å². The number of carboxylic acid groups (broad SMARTS) is 1. The van der Waals surface area contributed by atoms with E-state index in [1.54, 1.807) is 11.8 Å². The fraction of sp³-hybridized carbons (Fsp3) is 0.786. The van der Waals surface area contributed by atoms with E-state index < -0.39 is 11.9 Å². The Morgan fingerprint density at radius 1 is 1.05 bits per heavy atom. The van der Waals surface area contributed by atoms with Crippen LogP contribution >= 0.6 is 0 Å². The number of carbonyl (C=O) groups is 3. The van der Waals surface area contributed by atoms with Gasteiger partial charge < -0.3 is 10.0 Å². The maximum Gasteiger partial charge on any atom is 0.324 e. The summed E-state index contributed by atoms with van der Waals surface area (Å²) in [6, 6.07) is -0.348. The van der Waals surface area contributed by atoms with Crippen LogP contribution in [0.3, 0.4) is 0 Å². The van der Waals surface area contributed by atoms with Crippen LogP contribution in [0.2, 0.25) is 0 Å². The van der Waals surface area contributed by atoms with E-state index in [9.17, 15) is 14.4 Å². The zero-order chi connectivity index (χ0) is 15.0. The predicted octanol–water partition coefficient (Wildman–Crippen LogP) is 1.99. The average Bonchev–Trinajstić information content (AvgIpc) is 2.25. The van der Waals surface area contributed by atoms with Crippen molar-refractivity contribution in [2.75, 3.05) is 13.1 Å². The third-order valence-electron chi connectivity index (χ3n) is 3.45. The number of amides is 3.